The molecule has 0 fully saturated rings. The normalized spacial score (nSPS) is 11.5. The van der Waals surface area contributed by atoms with Crippen LogP contribution in [0.1, 0.15) is 16.1 Å². The highest BCUT2D eigenvalue weighted by atomic mass is 32.2. The first-order valence-corrected chi connectivity index (χ1v) is 9.52. The smallest absolute Gasteiger partial charge is 0.252 e. The molecule has 9 nitrogen and oxygen atoms in total. The van der Waals surface area contributed by atoms with E-state index in [4.69, 9.17) is 5.73 Å². The molecule has 0 aliphatic carbocycles. The van der Waals surface area contributed by atoms with Crippen LogP contribution in [0.25, 0.3) is 11.0 Å². The van der Waals surface area contributed by atoms with Gasteiger partial charge in [-0.25, -0.2) is 13.4 Å². The molecule has 0 aliphatic heterocycles. The maximum Gasteiger partial charge on any atom is 0.252 e. The average molecular weight is 374 g/mol. The van der Waals surface area contributed by atoms with E-state index in [1.54, 1.807) is 36.0 Å². The second kappa shape index (κ2) is 6.30. The number of nitrogens with two attached hydrogens (primary N) is 1. The Morgan fingerprint density at radius 1 is 1.27 bits per heavy atom. The number of aromatic nitrogens is 3. The van der Waals surface area contributed by atoms with Crippen LogP contribution in [0, 0.1) is 6.92 Å². The number of nitrogens with zero attached hydrogens (tertiary/aromatic N) is 3. The van der Waals surface area contributed by atoms with E-state index >= 15 is 0 Å². The van der Waals surface area contributed by atoms with Gasteiger partial charge in [0.15, 0.2) is 5.65 Å². The van der Waals surface area contributed by atoms with Crippen molar-refractivity contribution in [2.75, 3.05) is 16.3 Å². The van der Waals surface area contributed by atoms with Crippen LogP contribution >= 0.6 is 0 Å². The summed E-state index contributed by atoms with van der Waals surface area (Å²) >= 11 is 0. The van der Waals surface area contributed by atoms with Crippen molar-refractivity contribution in [1.29, 1.82) is 0 Å². The monoisotopic (exact) mass is 374 g/mol. The number of primary amides is 1. The van der Waals surface area contributed by atoms with Crippen LogP contribution in [0.5, 0.6) is 0 Å². The summed E-state index contributed by atoms with van der Waals surface area (Å²) in [5.74, 6) is -0.629. The van der Waals surface area contributed by atoms with Gasteiger partial charge in [-0.15, -0.1) is 0 Å². The molecule has 4 N–H and O–H groups in total. The van der Waals surface area contributed by atoms with Gasteiger partial charge in [0, 0.05) is 18.9 Å². The molecule has 0 bridgehead atoms. The lowest BCUT2D eigenvalue weighted by atomic mass is 10.1. The molecule has 0 saturated heterocycles. The van der Waals surface area contributed by atoms with Gasteiger partial charge in [0.2, 0.25) is 10.0 Å². The summed E-state index contributed by atoms with van der Waals surface area (Å²) in [5.41, 5.74) is 8.44. The van der Waals surface area contributed by atoms with E-state index in [0.29, 0.717) is 33.8 Å². The SMILES string of the molecule is Cc1nn(C)c2ncc(C(N)=O)c(Nc3cccc(NS(C)(=O)=O)c3)c12. The predicted octanol–water partition coefficient (Wildman–Crippen LogP) is 1.49. The van der Waals surface area contributed by atoms with E-state index in [0.717, 1.165) is 6.26 Å². The molecule has 0 aliphatic rings. The standard InChI is InChI=1S/C16H18N6O3S/c1-9-13-14(12(15(17)23)8-18-16(13)22(2)20-9)19-10-5-4-6-11(7-10)21-26(3,24)25/h4-8,21H,1-3H3,(H2,17,23)(H,18,19). The number of carbonyl (C=O) groups excluding carboxylic acids is 1. The van der Waals surface area contributed by atoms with Crippen molar-refractivity contribution in [1.82, 2.24) is 14.8 Å². The van der Waals surface area contributed by atoms with E-state index in [2.05, 4.69) is 20.1 Å². The number of nitrogens with one attached hydrogen (secondary N) is 2. The van der Waals surface area contributed by atoms with E-state index in [-0.39, 0.29) is 5.56 Å². The Labute approximate surface area is 150 Å². The number of hydrogen-bond donors (Lipinski definition) is 3. The first-order chi connectivity index (χ1) is 12.2. The minimum atomic E-state index is -3.40. The zero-order valence-corrected chi connectivity index (χ0v) is 15.3. The van der Waals surface area contributed by atoms with Crippen molar-refractivity contribution in [3.63, 3.8) is 0 Å². The van der Waals surface area contributed by atoms with Crippen LogP contribution in [0.3, 0.4) is 0 Å². The Kier molecular flexibility index (Phi) is 4.28. The molecule has 3 rings (SSSR count). The lowest BCUT2D eigenvalue weighted by molar-refractivity contribution is 0.100. The van der Waals surface area contributed by atoms with Crippen molar-refractivity contribution in [2.45, 2.75) is 6.92 Å². The van der Waals surface area contributed by atoms with E-state index < -0.39 is 15.9 Å². The number of anilines is 3. The number of hydrogen-bond acceptors (Lipinski definition) is 6. The zero-order chi connectivity index (χ0) is 19.1. The van der Waals surface area contributed by atoms with Gasteiger partial charge in [-0.1, -0.05) is 6.07 Å². The van der Waals surface area contributed by atoms with Crippen LogP contribution in [0.4, 0.5) is 17.1 Å². The van der Waals surface area contributed by atoms with Crippen molar-refractivity contribution in [2.24, 2.45) is 12.8 Å². The molecule has 0 spiro atoms. The Morgan fingerprint density at radius 2 is 1.96 bits per heavy atom. The predicted molar refractivity (Wildman–Crippen MR) is 100.0 cm³/mol. The van der Waals surface area contributed by atoms with Gasteiger partial charge in [-0.3, -0.25) is 14.2 Å². The molecule has 2 aromatic heterocycles. The number of pyridine rings is 1. The number of sulfonamides is 1. The van der Waals surface area contributed by atoms with Crippen LogP contribution in [-0.4, -0.2) is 35.3 Å². The van der Waals surface area contributed by atoms with Gasteiger partial charge in [-0.2, -0.15) is 5.10 Å². The lowest BCUT2D eigenvalue weighted by Crippen LogP contribution is -2.14. The summed E-state index contributed by atoms with van der Waals surface area (Å²) in [7, 11) is -1.65. The van der Waals surface area contributed by atoms with Gasteiger partial charge in [0.05, 0.1) is 34.3 Å². The summed E-state index contributed by atoms with van der Waals surface area (Å²) < 4.78 is 26.9. The average Bonchev–Trinajstić information content (AvgIpc) is 2.81. The molecule has 1 aromatic carbocycles. The molecule has 0 atom stereocenters. The number of benzene rings is 1. The van der Waals surface area contributed by atoms with Crippen LogP contribution in [0.15, 0.2) is 30.5 Å². The Hall–Kier alpha value is -3.14. The Bertz CT molecular complexity index is 1120. The van der Waals surface area contributed by atoms with E-state index in [1.165, 1.54) is 6.20 Å². The molecular formula is C16H18N6O3S. The maximum absolute atomic E-state index is 11.9. The van der Waals surface area contributed by atoms with Gasteiger partial charge in [0.1, 0.15) is 0 Å². The fourth-order valence-corrected chi connectivity index (χ4v) is 3.30. The third kappa shape index (κ3) is 3.45. The second-order valence-corrected chi connectivity index (χ2v) is 7.65. The molecule has 1 amide bonds. The van der Waals surface area contributed by atoms with Crippen LogP contribution < -0.4 is 15.8 Å². The summed E-state index contributed by atoms with van der Waals surface area (Å²) in [6.45, 7) is 1.81. The lowest BCUT2D eigenvalue weighted by Gasteiger charge is -2.13. The number of amides is 1. The second-order valence-electron chi connectivity index (χ2n) is 5.90. The molecular weight excluding hydrogens is 356 g/mol. The highest BCUT2D eigenvalue weighted by molar-refractivity contribution is 7.92. The van der Waals surface area contributed by atoms with Crippen LogP contribution in [0.2, 0.25) is 0 Å². The molecule has 26 heavy (non-hydrogen) atoms. The topological polar surface area (TPSA) is 132 Å². The Morgan fingerprint density at radius 3 is 2.62 bits per heavy atom. The van der Waals surface area contributed by atoms with Gasteiger partial charge >= 0.3 is 0 Å². The van der Waals surface area contributed by atoms with Crippen molar-refractivity contribution >= 4 is 44.0 Å². The van der Waals surface area contributed by atoms with Crippen molar-refractivity contribution in [3.8, 4) is 0 Å². The van der Waals surface area contributed by atoms with Crippen LogP contribution in [-0.2, 0) is 17.1 Å². The molecule has 3 aromatic rings. The number of rotatable bonds is 5. The van der Waals surface area contributed by atoms with E-state index in [9.17, 15) is 13.2 Å². The molecule has 0 saturated carbocycles. The highest BCUT2D eigenvalue weighted by Crippen LogP contribution is 2.31. The molecule has 0 unspecified atom stereocenters. The third-order valence-corrected chi connectivity index (χ3v) is 4.33. The third-order valence-electron chi connectivity index (χ3n) is 3.73. The summed E-state index contributed by atoms with van der Waals surface area (Å²) in [6.07, 6.45) is 2.47. The van der Waals surface area contributed by atoms with Gasteiger partial charge < -0.3 is 11.1 Å². The van der Waals surface area contributed by atoms with E-state index in [1.807, 2.05) is 6.92 Å². The Balaban J connectivity index is 2.12. The highest BCUT2D eigenvalue weighted by Gasteiger charge is 2.18. The first kappa shape index (κ1) is 17.7. The number of aryl methyl sites for hydroxylation is 2. The molecule has 10 heteroatoms. The molecule has 0 radical (unpaired) electrons. The molecule has 2 heterocycles. The number of fused-ring (bicyclic) bond motifs is 1. The first-order valence-electron chi connectivity index (χ1n) is 7.62. The van der Waals surface area contributed by atoms with Gasteiger partial charge in [0.25, 0.3) is 5.91 Å². The maximum atomic E-state index is 11.9. The molecule has 136 valence electrons. The fourth-order valence-electron chi connectivity index (χ4n) is 2.75. The summed E-state index contributed by atoms with van der Waals surface area (Å²) in [4.78, 5) is 16.1. The van der Waals surface area contributed by atoms with Gasteiger partial charge in [-0.05, 0) is 25.1 Å². The number of carbonyl (C=O) groups is 1. The largest absolute Gasteiger partial charge is 0.365 e. The van der Waals surface area contributed by atoms with Crippen molar-refractivity contribution in [3.05, 3.63) is 41.7 Å². The minimum absolute atomic E-state index is 0.218. The minimum Gasteiger partial charge on any atom is -0.365 e. The van der Waals surface area contributed by atoms with Crippen molar-refractivity contribution < 1.29 is 13.2 Å². The quantitative estimate of drug-likeness (QED) is 0.620. The summed E-state index contributed by atoms with van der Waals surface area (Å²) in [5, 5.41) is 8.15. The zero-order valence-electron chi connectivity index (χ0n) is 14.4. The fraction of sp³-hybridized carbons (Fsp3) is 0.188. The summed E-state index contributed by atoms with van der Waals surface area (Å²) in [6, 6.07) is 6.67.